The molecule has 0 fully saturated rings. The molecule has 0 amide bonds. The molecule has 0 saturated carbocycles. The maximum atomic E-state index is 12.3. The van der Waals surface area contributed by atoms with E-state index < -0.39 is 55.4 Å². The number of carboxylic acids is 4. The van der Waals surface area contributed by atoms with Crippen molar-refractivity contribution in [3.05, 3.63) is 192 Å². The van der Waals surface area contributed by atoms with Crippen LogP contribution in [0.4, 0.5) is 45.8 Å². The Kier molecular flexibility index (Phi) is 19.5. The van der Waals surface area contributed by atoms with Gasteiger partial charge in [0.15, 0.2) is 0 Å². The van der Waals surface area contributed by atoms with E-state index in [2.05, 4.69) is 39.9 Å². The van der Waals surface area contributed by atoms with Crippen LogP contribution in [0.1, 0.15) is 41.4 Å². The zero-order valence-corrected chi connectivity index (χ0v) is 41.3. The summed E-state index contributed by atoms with van der Waals surface area (Å²) in [6.07, 6.45) is 2.99. The monoisotopic (exact) mass is 1100 g/mol. The molecule has 8 rings (SSSR count). The molecule has 0 aliphatic rings. The molecule has 0 unspecified atom stereocenters. The maximum absolute atomic E-state index is 12.3. The first kappa shape index (κ1) is 57.9. The van der Waals surface area contributed by atoms with Crippen LogP contribution in [-0.4, -0.2) is 91.5 Å². The minimum atomic E-state index is -3.79. The van der Waals surface area contributed by atoms with Gasteiger partial charge in [-0.3, -0.25) is 9.44 Å². The second-order valence-corrected chi connectivity index (χ2v) is 18.6. The van der Waals surface area contributed by atoms with Gasteiger partial charge in [-0.25, -0.2) is 46.0 Å². The van der Waals surface area contributed by atoms with Crippen LogP contribution in [0.3, 0.4) is 0 Å². The number of aromatic carboxylic acids is 4. The number of nitrogen functional groups attached to an aromatic ring is 2. The third-order valence-electron chi connectivity index (χ3n) is 9.59. The number of carbonyl (C=O) groups is 4. The number of benzene rings is 6. The fraction of sp³-hybridized carbons (Fsp3) is 0. The van der Waals surface area contributed by atoms with E-state index in [0.29, 0.717) is 17.1 Å². The van der Waals surface area contributed by atoms with E-state index in [1.54, 1.807) is 30.3 Å². The molecule has 2 heterocycles. The Balaban J connectivity index is 0.000000201. The number of hydrogen-bond donors (Lipinski definition) is 12. The molecule has 0 atom stereocenters. The van der Waals surface area contributed by atoms with Crippen LogP contribution in [0, 0.1) is 0 Å². The van der Waals surface area contributed by atoms with Crippen molar-refractivity contribution >= 4 is 89.7 Å². The predicted octanol–water partition coefficient (Wildman–Crippen LogP) is 8.75. The summed E-state index contributed by atoms with van der Waals surface area (Å²) < 4.78 is 53.3. The van der Waals surface area contributed by atoms with Crippen molar-refractivity contribution in [2.24, 2.45) is 20.5 Å². The molecular weight excluding hydrogens is 1060 g/mol. The van der Waals surface area contributed by atoms with Crippen molar-refractivity contribution in [2.75, 3.05) is 20.9 Å². The molecule has 0 aliphatic heterocycles. The highest BCUT2D eigenvalue weighted by atomic mass is 32.2. The third kappa shape index (κ3) is 17.0. The minimum Gasteiger partial charge on any atom is -0.507 e. The highest BCUT2D eigenvalue weighted by Gasteiger charge is 2.17. The fourth-order valence-corrected chi connectivity index (χ4v) is 7.82. The Morgan fingerprint density at radius 2 is 0.679 bits per heavy atom. The van der Waals surface area contributed by atoms with Gasteiger partial charge in [0.1, 0.15) is 56.9 Å². The number of aromatic nitrogens is 2. The normalized spacial score (nSPS) is 10.9. The van der Waals surface area contributed by atoms with Gasteiger partial charge in [0.05, 0.1) is 32.5 Å². The number of aromatic hydroxyl groups is 4. The van der Waals surface area contributed by atoms with Crippen molar-refractivity contribution in [2.45, 2.75) is 9.79 Å². The molecule has 28 heteroatoms. The lowest BCUT2D eigenvalue weighted by atomic mass is 10.2. The van der Waals surface area contributed by atoms with Gasteiger partial charge >= 0.3 is 23.9 Å². The number of nitrogens with one attached hydrogen (secondary N) is 2. The lowest BCUT2D eigenvalue weighted by molar-refractivity contribution is 0.0682. The molecular formula is C50H42N10O16S2. The van der Waals surface area contributed by atoms with Gasteiger partial charge in [-0.15, -0.1) is 0 Å². The molecule has 0 spiro atoms. The number of phenols is 4. The van der Waals surface area contributed by atoms with E-state index >= 15 is 0 Å². The van der Waals surface area contributed by atoms with Gasteiger partial charge in [0, 0.05) is 23.8 Å². The Morgan fingerprint density at radius 1 is 0.385 bits per heavy atom. The average Bonchev–Trinajstić information content (AvgIpc) is 3.40. The first-order chi connectivity index (χ1) is 36.9. The number of nitrogens with zero attached hydrogens (tertiary/aromatic N) is 6. The zero-order valence-electron chi connectivity index (χ0n) is 39.7. The SMILES string of the molecule is Nc1ccc(O)c(C(=O)O)c1.Nc1ccc(S(=O)(=O)Nc2ccccn2)cc1.O=C(O)c1cc(N=Nc2ccc(O)c(C(=O)O)c2)ccc1O.O=C(O)c1cc(N=Nc2ccc(S(=O)(=O)Nc3ccccn3)cc2)ccc1O. The molecule has 78 heavy (non-hydrogen) atoms. The second-order valence-electron chi connectivity index (χ2n) is 15.2. The van der Waals surface area contributed by atoms with Gasteiger partial charge in [-0.2, -0.15) is 20.5 Å². The first-order valence-electron chi connectivity index (χ1n) is 21.6. The molecule has 0 radical (unpaired) electrons. The number of anilines is 4. The molecule has 14 N–H and O–H groups in total. The predicted molar refractivity (Wildman–Crippen MR) is 280 cm³/mol. The summed E-state index contributed by atoms with van der Waals surface area (Å²) in [5.41, 5.74) is 11.4. The third-order valence-corrected chi connectivity index (χ3v) is 12.3. The van der Waals surface area contributed by atoms with Gasteiger partial charge in [-0.05, 0) is 146 Å². The van der Waals surface area contributed by atoms with Crippen LogP contribution >= 0.6 is 0 Å². The topological polar surface area (TPSA) is 450 Å². The van der Waals surface area contributed by atoms with Crippen LogP contribution in [0.25, 0.3) is 0 Å². The fourth-order valence-electron chi connectivity index (χ4n) is 5.81. The summed E-state index contributed by atoms with van der Waals surface area (Å²) in [6.45, 7) is 0. The standard InChI is InChI=1S/C18H14N4O5S.C14H10N2O6.C11H11N3O2S.C7H7NO3/c23-16-9-6-13(11-15(16)18(24)25)21-20-12-4-7-14(8-5-12)28(26,27)22-17-3-1-2-10-19-17;17-11-3-1-7(5-9(11)13(19)20)15-16-8-2-4-12(18)10(6-8)14(21)22;12-9-4-6-10(7-5-9)17(15,16)14-11-3-1-2-8-13-11;8-4-1-2-6(9)5(3-4)7(10)11/h1-11,23H,(H,19,22)(H,24,25);1-6,17-18H,(H,19,20)(H,21,22);1-8H,12H2,(H,13,14);1-3,9H,8H2,(H,10,11). The van der Waals surface area contributed by atoms with Crippen molar-refractivity contribution in [1.82, 2.24) is 9.97 Å². The highest BCUT2D eigenvalue weighted by Crippen LogP contribution is 2.29. The number of hydrogen-bond acceptors (Lipinski definition) is 20. The maximum Gasteiger partial charge on any atom is 0.339 e. The van der Waals surface area contributed by atoms with E-state index in [-0.39, 0.29) is 72.2 Å². The van der Waals surface area contributed by atoms with E-state index in [1.165, 1.54) is 116 Å². The number of rotatable bonds is 14. The smallest absolute Gasteiger partial charge is 0.339 e. The zero-order chi connectivity index (χ0) is 57.2. The number of pyridine rings is 2. The molecule has 400 valence electrons. The van der Waals surface area contributed by atoms with Crippen molar-refractivity contribution in [1.29, 1.82) is 0 Å². The van der Waals surface area contributed by atoms with Crippen LogP contribution < -0.4 is 20.9 Å². The van der Waals surface area contributed by atoms with E-state index in [4.69, 9.17) is 37.0 Å². The lowest BCUT2D eigenvalue weighted by Crippen LogP contribution is -2.13. The molecule has 26 nitrogen and oxygen atoms in total. The number of sulfonamides is 2. The Labute approximate surface area is 441 Å². The van der Waals surface area contributed by atoms with Crippen molar-refractivity contribution < 1.29 is 76.9 Å². The summed E-state index contributed by atoms with van der Waals surface area (Å²) in [7, 11) is -7.39. The number of nitrogens with two attached hydrogens (primary N) is 2. The molecule has 6 aromatic carbocycles. The molecule has 2 aromatic heterocycles. The Bertz CT molecular complexity index is 3680. The first-order valence-corrected chi connectivity index (χ1v) is 24.6. The van der Waals surface area contributed by atoms with Gasteiger partial charge in [-0.1, -0.05) is 12.1 Å². The molecule has 0 aliphatic carbocycles. The van der Waals surface area contributed by atoms with E-state index in [1.807, 2.05) is 0 Å². The molecule has 0 saturated heterocycles. The number of azo groups is 2. The van der Waals surface area contributed by atoms with E-state index in [9.17, 15) is 51.3 Å². The second kappa shape index (κ2) is 26.3. The number of carboxylic acid groups (broad SMARTS) is 4. The van der Waals surface area contributed by atoms with Crippen LogP contribution in [0.2, 0.25) is 0 Å². The largest absolute Gasteiger partial charge is 0.507 e. The van der Waals surface area contributed by atoms with Gasteiger partial charge in [0.25, 0.3) is 20.0 Å². The molecule has 0 bridgehead atoms. The summed E-state index contributed by atoms with van der Waals surface area (Å²) in [4.78, 5) is 51.1. The quantitative estimate of drug-likeness (QED) is 0.0275. The van der Waals surface area contributed by atoms with Crippen LogP contribution in [-0.2, 0) is 20.0 Å². The Hall–Kier alpha value is -11.0. The Morgan fingerprint density at radius 3 is 1.00 bits per heavy atom. The van der Waals surface area contributed by atoms with Crippen molar-refractivity contribution in [3.8, 4) is 23.0 Å². The van der Waals surface area contributed by atoms with Gasteiger partial charge in [0.2, 0.25) is 0 Å². The summed E-state index contributed by atoms with van der Waals surface area (Å²) in [6, 6.07) is 36.4. The van der Waals surface area contributed by atoms with Crippen LogP contribution in [0.15, 0.2) is 200 Å². The average molecular weight is 1100 g/mol. The van der Waals surface area contributed by atoms with Crippen LogP contribution in [0.5, 0.6) is 23.0 Å². The summed E-state index contributed by atoms with van der Waals surface area (Å²) in [5.74, 6) is -6.06. The van der Waals surface area contributed by atoms with Gasteiger partial charge < -0.3 is 52.3 Å². The summed E-state index contributed by atoms with van der Waals surface area (Å²) in [5, 5.41) is 87.8. The van der Waals surface area contributed by atoms with E-state index in [0.717, 1.165) is 24.3 Å². The molecule has 8 aromatic rings. The highest BCUT2D eigenvalue weighted by molar-refractivity contribution is 7.93. The van der Waals surface area contributed by atoms with Crippen molar-refractivity contribution in [3.63, 3.8) is 0 Å². The summed E-state index contributed by atoms with van der Waals surface area (Å²) >= 11 is 0. The lowest BCUT2D eigenvalue weighted by Gasteiger charge is -2.07. The minimum absolute atomic E-state index is 0.0231.